The molecule has 1 atom stereocenters. The second-order valence-electron chi connectivity index (χ2n) is 5.43. The van der Waals surface area contributed by atoms with Crippen molar-refractivity contribution in [2.75, 3.05) is 5.32 Å². The zero-order valence-electron chi connectivity index (χ0n) is 12.8. The number of aliphatic hydroxyl groups excluding tert-OH is 1. The van der Waals surface area contributed by atoms with E-state index in [2.05, 4.69) is 17.4 Å². The number of nitrogens with one attached hydrogen (secondary N) is 1. The molecule has 1 unspecified atom stereocenters. The first-order chi connectivity index (χ1) is 10.1. The number of hydrogen-bond donors (Lipinski definition) is 2. The summed E-state index contributed by atoms with van der Waals surface area (Å²) >= 11 is 0. The van der Waals surface area contributed by atoms with Crippen LogP contribution in [0.3, 0.4) is 0 Å². The van der Waals surface area contributed by atoms with Crippen LogP contribution in [0.15, 0.2) is 48.5 Å². The largest absolute Gasteiger partial charge is 0.491 e. The molecular weight excluding hydrogens is 262 g/mol. The Hall–Kier alpha value is -2.00. The lowest BCUT2D eigenvalue weighted by molar-refractivity contribution is 0.200. The third-order valence-corrected chi connectivity index (χ3v) is 3.19. The van der Waals surface area contributed by atoms with E-state index >= 15 is 0 Å². The van der Waals surface area contributed by atoms with Crippen LogP contribution in [-0.4, -0.2) is 11.2 Å². The second kappa shape index (κ2) is 7.14. The fraction of sp³-hybridized carbons (Fsp3) is 0.333. The Kier molecular flexibility index (Phi) is 5.23. The predicted octanol–water partition coefficient (Wildman–Crippen LogP) is 4.14. The molecule has 0 spiro atoms. The molecule has 0 bridgehead atoms. The van der Waals surface area contributed by atoms with Crippen molar-refractivity contribution >= 4 is 5.69 Å². The molecule has 0 fully saturated rings. The topological polar surface area (TPSA) is 41.5 Å². The molecule has 112 valence electrons. The summed E-state index contributed by atoms with van der Waals surface area (Å²) in [6.45, 7) is 6.52. The standard InChI is InChI=1S/C18H23NO2/c1-13(2)21-16-10-8-15(9-11-16)12-19-18-7-5-4-6-17(18)14(3)20/h4-11,13-14,19-20H,12H2,1-3H3. The lowest BCUT2D eigenvalue weighted by Gasteiger charge is -2.14. The SMILES string of the molecule is CC(C)Oc1ccc(CNc2ccccc2C(C)O)cc1. The zero-order valence-corrected chi connectivity index (χ0v) is 12.8. The molecule has 2 rings (SSSR count). The van der Waals surface area contributed by atoms with Crippen LogP contribution in [-0.2, 0) is 6.54 Å². The normalized spacial score (nSPS) is 12.2. The van der Waals surface area contributed by atoms with Crippen molar-refractivity contribution in [1.82, 2.24) is 0 Å². The number of aliphatic hydroxyl groups is 1. The molecule has 21 heavy (non-hydrogen) atoms. The molecule has 0 aliphatic carbocycles. The Morgan fingerprint density at radius 1 is 1.00 bits per heavy atom. The maximum atomic E-state index is 9.77. The number of hydrogen-bond acceptors (Lipinski definition) is 3. The van der Waals surface area contributed by atoms with Gasteiger partial charge in [0.05, 0.1) is 12.2 Å². The Morgan fingerprint density at radius 3 is 2.29 bits per heavy atom. The Morgan fingerprint density at radius 2 is 1.67 bits per heavy atom. The third kappa shape index (κ3) is 4.50. The van der Waals surface area contributed by atoms with Gasteiger partial charge in [-0.3, -0.25) is 0 Å². The molecule has 0 saturated heterocycles. The van der Waals surface area contributed by atoms with E-state index in [1.165, 1.54) is 5.56 Å². The first kappa shape index (κ1) is 15.4. The van der Waals surface area contributed by atoms with Crippen molar-refractivity contribution in [1.29, 1.82) is 0 Å². The van der Waals surface area contributed by atoms with Gasteiger partial charge in [-0.05, 0) is 44.5 Å². The summed E-state index contributed by atoms with van der Waals surface area (Å²) in [5.41, 5.74) is 3.05. The van der Waals surface area contributed by atoms with Crippen molar-refractivity contribution in [3.63, 3.8) is 0 Å². The van der Waals surface area contributed by atoms with E-state index in [1.54, 1.807) is 6.92 Å². The van der Waals surface area contributed by atoms with E-state index in [9.17, 15) is 5.11 Å². The zero-order chi connectivity index (χ0) is 15.2. The van der Waals surface area contributed by atoms with E-state index in [4.69, 9.17) is 4.74 Å². The maximum Gasteiger partial charge on any atom is 0.119 e. The van der Waals surface area contributed by atoms with Crippen LogP contribution in [0.5, 0.6) is 5.75 Å². The van der Waals surface area contributed by atoms with Gasteiger partial charge in [-0.1, -0.05) is 30.3 Å². The maximum absolute atomic E-state index is 9.77. The molecule has 2 N–H and O–H groups in total. The van der Waals surface area contributed by atoms with Gasteiger partial charge in [0.15, 0.2) is 0 Å². The molecule has 2 aromatic carbocycles. The van der Waals surface area contributed by atoms with E-state index in [0.717, 1.165) is 17.0 Å². The molecular formula is C18H23NO2. The second-order valence-corrected chi connectivity index (χ2v) is 5.43. The summed E-state index contributed by atoms with van der Waals surface area (Å²) in [6.07, 6.45) is -0.289. The summed E-state index contributed by atoms with van der Waals surface area (Å²) in [7, 11) is 0. The molecule has 0 radical (unpaired) electrons. The van der Waals surface area contributed by atoms with Crippen LogP contribution < -0.4 is 10.1 Å². The third-order valence-electron chi connectivity index (χ3n) is 3.19. The van der Waals surface area contributed by atoms with Gasteiger partial charge in [0.2, 0.25) is 0 Å². The number of para-hydroxylation sites is 1. The van der Waals surface area contributed by atoms with Crippen molar-refractivity contribution in [2.24, 2.45) is 0 Å². The fourth-order valence-corrected chi connectivity index (χ4v) is 2.18. The van der Waals surface area contributed by atoms with Crippen LogP contribution >= 0.6 is 0 Å². The summed E-state index contributed by atoms with van der Waals surface area (Å²) in [5, 5.41) is 13.1. The quantitative estimate of drug-likeness (QED) is 0.838. The van der Waals surface area contributed by atoms with Crippen LogP contribution in [0.2, 0.25) is 0 Å². The highest BCUT2D eigenvalue weighted by Gasteiger charge is 2.06. The molecule has 0 aliphatic rings. The summed E-state index contributed by atoms with van der Waals surface area (Å²) in [4.78, 5) is 0. The van der Waals surface area contributed by atoms with Crippen LogP contribution in [0, 0.1) is 0 Å². The lowest BCUT2D eigenvalue weighted by Crippen LogP contribution is -2.06. The van der Waals surface area contributed by atoms with Crippen molar-refractivity contribution < 1.29 is 9.84 Å². The van der Waals surface area contributed by atoms with Gasteiger partial charge >= 0.3 is 0 Å². The molecule has 2 aromatic rings. The average Bonchev–Trinajstić information content (AvgIpc) is 2.46. The summed E-state index contributed by atoms with van der Waals surface area (Å²) in [5.74, 6) is 0.887. The molecule has 0 heterocycles. The van der Waals surface area contributed by atoms with E-state index < -0.39 is 6.10 Å². The van der Waals surface area contributed by atoms with Crippen molar-refractivity contribution in [3.05, 3.63) is 59.7 Å². The Bertz CT molecular complexity index is 562. The summed E-state index contributed by atoms with van der Waals surface area (Å²) in [6, 6.07) is 15.9. The number of rotatable bonds is 6. The smallest absolute Gasteiger partial charge is 0.119 e. The van der Waals surface area contributed by atoms with E-state index in [1.807, 2.05) is 50.2 Å². The molecule has 3 heteroatoms. The first-order valence-electron chi connectivity index (χ1n) is 7.32. The van der Waals surface area contributed by atoms with Gasteiger partial charge < -0.3 is 15.2 Å². The molecule has 0 aromatic heterocycles. The van der Waals surface area contributed by atoms with Gasteiger partial charge in [-0.2, -0.15) is 0 Å². The minimum Gasteiger partial charge on any atom is -0.491 e. The highest BCUT2D eigenvalue weighted by Crippen LogP contribution is 2.23. The highest BCUT2D eigenvalue weighted by molar-refractivity contribution is 5.52. The van der Waals surface area contributed by atoms with Gasteiger partial charge in [0.25, 0.3) is 0 Å². The van der Waals surface area contributed by atoms with Crippen molar-refractivity contribution in [3.8, 4) is 5.75 Å². The average molecular weight is 285 g/mol. The Balaban J connectivity index is 2.00. The van der Waals surface area contributed by atoms with Gasteiger partial charge in [-0.15, -0.1) is 0 Å². The number of benzene rings is 2. The number of anilines is 1. The van der Waals surface area contributed by atoms with Crippen LogP contribution in [0.4, 0.5) is 5.69 Å². The van der Waals surface area contributed by atoms with Crippen LogP contribution in [0.1, 0.15) is 38.0 Å². The minimum atomic E-state index is -0.476. The molecule has 0 aliphatic heterocycles. The van der Waals surface area contributed by atoms with Crippen LogP contribution in [0.25, 0.3) is 0 Å². The molecule has 3 nitrogen and oxygen atoms in total. The lowest BCUT2D eigenvalue weighted by atomic mass is 10.1. The van der Waals surface area contributed by atoms with Crippen molar-refractivity contribution in [2.45, 2.75) is 39.5 Å². The monoisotopic (exact) mass is 285 g/mol. The van der Waals surface area contributed by atoms with Gasteiger partial charge in [-0.25, -0.2) is 0 Å². The highest BCUT2D eigenvalue weighted by atomic mass is 16.5. The Labute approximate surface area is 126 Å². The molecule has 0 saturated carbocycles. The van der Waals surface area contributed by atoms with Gasteiger partial charge in [0, 0.05) is 17.8 Å². The fourth-order valence-electron chi connectivity index (χ4n) is 2.18. The van der Waals surface area contributed by atoms with E-state index in [0.29, 0.717) is 6.54 Å². The predicted molar refractivity (Wildman–Crippen MR) is 86.6 cm³/mol. The van der Waals surface area contributed by atoms with E-state index in [-0.39, 0.29) is 6.10 Å². The summed E-state index contributed by atoms with van der Waals surface area (Å²) < 4.78 is 5.63. The molecule has 0 amide bonds. The van der Waals surface area contributed by atoms with Gasteiger partial charge in [0.1, 0.15) is 5.75 Å². The number of ether oxygens (including phenoxy) is 1. The first-order valence-corrected chi connectivity index (χ1v) is 7.32. The minimum absolute atomic E-state index is 0.187.